The summed E-state index contributed by atoms with van der Waals surface area (Å²) in [5, 5.41) is 10.7. The van der Waals surface area contributed by atoms with Crippen molar-refractivity contribution >= 4 is 0 Å². The van der Waals surface area contributed by atoms with Gasteiger partial charge in [-0.15, -0.1) is 0 Å². The highest BCUT2D eigenvalue weighted by atomic mass is 16.5. The Hall–Kier alpha value is -1.91. The molecule has 1 N–H and O–H groups in total. The van der Waals surface area contributed by atoms with Crippen LogP contribution in [-0.4, -0.2) is 40.3 Å². The third kappa shape index (κ3) is 4.09. The quantitative estimate of drug-likeness (QED) is 0.922. The van der Waals surface area contributed by atoms with E-state index >= 15 is 0 Å². The van der Waals surface area contributed by atoms with Crippen molar-refractivity contribution < 1.29 is 9.84 Å². The summed E-state index contributed by atoms with van der Waals surface area (Å²) in [6.45, 7) is 6.74. The van der Waals surface area contributed by atoms with E-state index in [1.54, 1.807) is 0 Å². The molecule has 122 valence electrons. The minimum atomic E-state index is -0.777. The second-order valence-electron chi connectivity index (χ2n) is 6.53. The van der Waals surface area contributed by atoms with Crippen molar-refractivity contribution in [3.05, 3.63) is 59.4 Å². The molecule has 0 unspecified atom stereocenters. The van der Waals surface area contributed by atoms with Crippen LogP contribution >= 0.6 is 0 Å². The van der Waals surface area contributed by atoms with E-state index in [4.69, 9.17) is 4.74 Å². The van der Waals surface area contributed by atoms with Crippen molar-refractivity contribution in [1.82, 2.24) is 9.88 Å². The van der Waals surface area contributed by atoms with Gasteiger partial charge in [0.2, 0.25) is 0 Å². The maximum Gasteiger partial charge on any atom is 0.119 e. The molecular weight excluding hydrogens is 288 g/mol. The van der Waals surface area contributed by atoms with Gasteiger partial charge >= 0.3 is 0 Å². The molecule has 2 aromatic rings. The molecule has 2 heterocycles. The Bertz CT molecular complexity index is 657. The van der Waals surface area contributed by atoms with Crippen molar-refractivity contribution in [3.8, 4) is 5.75 Å². The maximum atomic E-state index is 10.7. The van der Waals surface area contributed by atoms with Crippen molar-refractivity contribution in [1.29, 1.82) is 0 Å². The third-order valence-corrected chi connectivity index (χ3v) is 4.45. The van der Waals surface area contributed by atoms with Crippen LogP contribution in [0.15, 0.2) is 42.6 Å². The van der Waals surface area contributed by atoms with Crippen molar-refractivity contribution in [2.45, 2.75) is 32.4 Å². The molecule has 4 heteroatoms. The molecule has 23 heavy (non-hydrogen) atoms. The molecule has 1 aromatic carbocycles. The zero-order valence-corrected chi connectivity index (χ0v) is 13.8. The molecule has 1 aromatic heterocycles. The number of aromatic nitrogens is 1. The number of hydrogen-bond donors (Lipinski definition) is 1. The summed E-state index contributed by atoms with van der Waals surface area (Å²) >= 11 is 0. The second kappa shape index (κ2) is 6.69. The lowest BCUT2D eigenvalue weighted by Gasteiger charge is -2.24. The fourth-order valence-corrected chi connectivity index (χ4v) is 2.97. The average Bonchev–Trinajstić information content (AvgIpc) is 2.91. The maximum absolute atomic E-state index is 10.7. The SMILES string of the molecule is Cc1ccc(OC[C@@]2(O)CCN(Cc3cccnc3C)C2)cc1. The summed E-state index contributed by atoms with van der Waals surface area (Å²) in [6.07, 6.45) is 2.55. The number of pyridine rings is 1. The molecule has 0 bridgehead atoms. The van der Waals surface area contributed by atoms with E-state index in [0.29, 0.717) is 13.2 Å². The number of ether oxygens (including phenoxy) is 1. The van der Waals surface area contributed by atoms with Crippen LogP contribution < -0.4 is 4.74 Å². The molecule has 1 saturated heterocycles. The minimum absolute atomic E-state index is 0.332. The molecule has 0 aliphatic carbocycles. The molecule has 1 fully saturated rings. The molecular formula is C19H24N2O2. The van der Waals surface area contributed by atoms with Gasteiger partial charge in [0.15, 0.2) is 0 Å². The van der Waals surface area contributed by atoms with Gasteiger partial charge in [-0.25, -0.2) is 0 Å². The van der Waals surface area contributed by atoms with Crippen LogP contribution in [0, 0.1) is 13.8 Å². The molecule has 1 atom stereocenters. The van der Waals surface area contributed by atoms with Gasteiger partial charge in [-0.1, -0.05) is 23.8 Å². The van der Waals surface area contributed by atoms with Gasteiger partial charge in [0.25, 0.3) is 0 Å². The molecule has 1 aliphatic heterocycles. The molecule has 3 rings (SSSR count). The number of hydrogen-bond acceptors (Lipinski definition) is 4. The lowest BCUT2D eigenvalue weighted by molar-refractivity contribution is 0.00336. The number of benzene rings is 1. The van der Waals surface area contributed by atoms with E-state index in [0.717, 1.165) is 31.0 Å². The second-order valence-corrected chi connectivity index (χ2v) is 6.53. The Morgan fingerprint density at radius 3 is 2.74 bits per heavy atom. The van der Waals surface area contributed by atoms with Gasteiger partial charge in [0.05, 0.1) is 0 Å². The largest absolute Gasteiger partial charge is 0.491 e. The van der Waals surface area contributed by atoms with Crippen LogP contribution in [0.3, 0.4) is 0 Å². The average molecular weight is 312 g/mol. The van der Waals surface area contributed by atoms with Gasteiger partial charge < -0.3 is 9.84 Å². The third-order valence-electron chi connectivity index (χ3n) is 4.45. The zero-order valence-electron chi connectivity index (χ0n) is 13.8. The summed E-state index contributed by atoms with van der Waals surface area (Å²) in [5.41, 5.74) is 2.70. The van der Waals surface area contributed by atoms with Crippen LogP contribution in [0.25, 0.3) is 0 Å². The van der Waals surface area contributed by atoms with Crippen LogP contribution in [-0.2, 0) is 6.54 Å². The minimum Gasteiger partial charge on any atom is -0.491 e. The van der Waals surface area contributed by atoms with Crippen LogP contribution in [0.4, 0.5) is 0 Å². The van der Waals surface area contributed by atoms with E-state index in [-0.39, 0.29) is 0 Å². The summed E-state index contributed by atoms with van der Waals surface area (Å²) in [4.78, 5) is 6.59. The van der Waals surface area contributed by atoms with Crippen LogP contribution in [0.5, 0.6) is 5.75 Å². The first-order chi connectivity index (χ1) is 11.0. The molecule has 0 saturated carbocycles. The van der Waals surface area contributed by atoms with Gasteiger partial charge in [-0.2, -0.15) is 0 Å². The standard InChI is InChI=1S/C19H24N2O2/c1-15-5-7-18(8-6-15)23-14-19(22)9-11-21(13-19)12-17-4-3-10-20-16(17)2/h3-8,10,22H,9,11-14H2,1-2H3/t19-/m1/s1. The van der Waals surface area contributed by atoms with Crippen molar-refractivity contribution in [2.24, 2.45) is 0 Å². The molecule has 0 amide bonds. The van der Waals surface area contributed by atoms with Crippen molar-refractivity contribution in [3.63, 3.8) is 0 Å². The van der Waals surface area contributed by atoms with Gasteiger partial charge in [0.1, 0.15) is 18.0 Å². The van der Waals surface area contributed by atoms with E-state index < -0.39 is 5.60 Å². The van der Waals surface area contributed by atoms with Crippen LogP contribution in [0.1, 0.15) is 23.2 Å². The Morgan fingerprint density at radius 1 is 1.22 bits per heavy atom. The number of aryl methyl sites for hydroxylation is 2. The predicted molar refractivity (Wildman–Crippen MR) is 90.5 cm³/mol. The van der Waals surface area contributed by atoms with E-state index in [2.05, 4.69) is 16.0 Å². The Morgan fingerprint density at radius 2 is 2.00 bits per heavy atom. The first kappa shape index (κ1) is 16.0. The summed E-state index contributed by atoms with van der Waals surface area (Å²) in [5.74, 6) is 0.811. The number of aliphatic hydroxyl groups is 1. The lowest BCUT2D eigenvalue weighted by Crippen LogP contribution is -2.39. The normalized spacial score (nSPS) is 21.5. The Balaban J connectivity index is 1.55. The number of rotatable bonds is 5. The summed E-state index contributed by atoms with van der Waals surface area (Å²) in [7, 11) is 0. The van der Waals surface area contributed by atoms with E-state index in [9.17, 15) is 5.11 Å². The van der Waals surface area contributed by atoms with Crippen LogP contribution in [0.2, 0.25) is 0 Å². The highest BCUT2D eigenvalue weighted by molar-refractivity contribution is 5.26. The first-order valence-electron chi connectivity index (χ1n) is 8.09. The fraction of sp³-hybridized carbons (Fsp3) is 0.421. The predicted octanol–water partition coefficient (Wildman–Crippen LogP) is 2.71. The highest BCUT2D eigenvalue weighted by Gasteiger charge is 2.36. The zero-order chi connectivity index (χ0) is 16.3. The Labute approximate surface area is 137 Å². The van der Waals surface area contributed by atoms with Gasteiger partial charge in [-0.05, 0) is 44.0 Å². The van der Waals surface area contributed by atoms with Gasteiger partial charge in [-0.3, -0.25) is 9.88 Å². The smallest absolute Gasteiger partial charge is 0.119 e. The number of likely N-dealkylation sites (tertiary alicyclic amines) is 1. The van der Waals surface area contributed by atoms with E-state index in [1.807, 2.05) is 50.4 Å². The van der Waals surface area contributed by atoms with Gasteiger partial charge in [0, 0.05) is 31.5 Å². The Kier molecular flexibility index (Phi) is 4.64. The monoisotopic (exact) mass is 312 g/mol. The molecule has 0 radical (unpaired) electrons. The molecule has 0 spiro atoms. The summed E-state index contributed by atoms with van der Waals surface area (Å²) in [6, 6.07) is 12.0. The van der Waals surface area contributed by atoms with E-state index in [1.165, 1.54) is 11.1 Å². The van der Waals surface area contributed by atoms with Crippen molar-refractivity contribution in [2.75, 3.05) is 19.7 Å². The summed E-state index contributed by atoms with van der Waals surface area (Å²) < 4.78 is 5.78. The molecule has 1 aliphatic rings. The number of β-amino-alcohol motifs (C(OH)–C–C–N with tert-alkyl or cyclic N) is 1. The number of nitrogens with zero attached hydrogens (tertiary/aromatic N) is 2. The molecule has 4 nitrogen and oxygen atoms in total. The highest BCUT2D eigenvalue weighted by Crippen LogP contribution is 2.25. The topological polar surface area (TPSA) is 45.6 Å². The fourth-order valence-electron chi connectivity index (χ4n) is 2.97. The lowest BCUT2D eigenvalue weighted by atomic mass is 10.1. The first-order valence-corrected chi connectivity index (χ1v) is 8.09.